The fraction of sp³-hybridized carbons (Fsp3) is 0.571. The fourth-order valence-corrected chi connectivity index (χ4v) is 5.19. The molecule has 0 bridgehead atoms. The van der Waals surface area contributed by atoms with Crippen LogP contribution in [0, 0.1) is 0 Å². The Hall–Kier alpha value is -0.320. The topological polar surface area (TPSA) is 21.3 Å². The Bertz CT molecular complexity index is 367. The van der Waals surface area contributed by atoms with E-state index in [2.05, 4.69) is 48.0 Å². The zero-order valence-corrected chi connectivity index (χ0v) is 12.7. The van der Waals surface area contributed by atoms with E-state index in [0.29, 0.717) is 11.3 Å². The number of methoxy groups -OCH3 is 1. The molecule has 1 N–H and O–H groups in total. The van der Waals surface area contributed by atoms with Crippen LogP contribution in [0.2, 0.25) is 0 Å². The molecule has 0 saturated carbocycles. The smallest absolute Gasteiger partial charge is 0.122 e. The van der Waals surface area contributed by atoms with Crippen LogP contribution in [-0.2, 0) is 6.42 Å². The van der Waals surface area contributed by atoms with E-state index < -0.39 is 0 Å². The SMILES string of the molecule is CNC(Cc1ccccc1OC)C1CSCCS1. The Morgan fingerprint density at radius 1 is 1.39 bits per heavy atom. The number of hydrogen-bond acceptors (Lipinski definition) is 4. The number of thioether (sulfide) groups is 2. The van der Waals surface area contributed by atoms with Crippen LogP contribution < -0.4 is 10.1 Å². The summed E-state index contributed by atoms with van der Waals surface area (Å²) >= 11 is 4.18. The first kappa shape index (κ1) is 14.1. The monoisotopic (exact) mass is 283 g/mol. The van der Waals surface area contributed by atoms with Crippen molar-refractivity contribution in [2.45, 2.75) is 17.7 Å². The zero-order valence-electron chi connectivity index (χ0n) is 11.0. The highest BCUT2D eigenvalue weighted by Gasteiger charge is 2.24. The first-order chi connectivity index (χ1) is 8.85. The molecule has 2 rings (SSSR count). The van der Waals surface area contributed by atoms with Crippen LogP contribution in [0.25, 0.3) is 0 Å². The van der Waals surface area contributed by atoms with Crippen molar-refractivity contribution in [1.29, 1.82) is 0 Å². The van der Waals surface area contributed by atoms with Gasteiger partial charge in [0.25, 0.3) is 0 Å². The normalized spacial score (nSPS) is 21.6. The van der Waals surface area contributed by atoms with Gasteiger partial charge < -0.3 is 10.1 Å². The number of nitrogens with one attached hydrogen (secondary N) is 1. The molecular formula is C14H21NOS2. The van der Waals surface area contributed by atoms with Gasteiger partial charge in [-0.05, 0) is 25.1 Å². The van der Waals surface area contributed by atoms with Gasteiger partial charge >= 0.3 is 0 Å². The van der Waals surface area contributed by atoms with Crippen LogP contribution in [0.3, 0.4) is 0 Å². The summed E-state index contributed by atoms with van der Waals surface area (Å²) in [6, 6.07) is 8.86. The molecule has 0 aromatic heterocycles. The molecule has 1 aliphatic rings. The summed E-state index contributed by atoms with van der Waals surface area (Å²) < 4.78 is 5.44. The van der Waals surface area contributed by atoms with Gasteiger partial charge in [-0.1, -0.05) is 18.2 Å². The van der Waals surface area contributed by atoms with Crippen LogP contribution in [0.15, 0.2) is 24.3 Å². The van der Waals surface area contributed by atoms with Crippen molar-refractivity contribution in [3.63, 3.8) is 0 Å². The molecule has 1 aromatic rings. The second-order valence-corrected chi connectivity index (χ2v) is 6.89. The van der Waals surface area contributed by atoms with Gasteiger partial charge in [-0.2, -0.15) is 23.5 Å². The number of rotatable bonds is 5. The number of likely N-dealkylation sites (N-methyl/N-ethyl adjacent to an activating group) is 1. The number of para-hydroxylation sites is 1. The van der Waals surface area contributed by atoms with E-state index in [9.17, 15) is 0 Å². The predicted octanol–water partition coefficient (Wildman–Crippen LogP) is 2.67. The van der Waals surface area contributed by atoms with Crippen molar-refractivity contribution in [3.05, 3.63) is 29.8 Å². The third kappa shape index (κ3) is 3.59. The average molecular weight is 283 g/mol. The highest BCUT2D eigenvalue weighted by Crippen LogP contribution is 2.29. The fourth-order valence-electron chi connectivity index (χ4n) is 2.27. The molecule has 1 fully saturated rings. The molecule has 0 aliphatic carbocycles. The molecule has 0 spiro atoms. The molecule has 18 heavy (non-hydrogen) atoms. The van der Waals surface area contributed by atoms with Gasteiger partial charge in [-0.25, -0.2) is 0 Å². The third-order valence-corrected chi connectivity index (χ3v) is 6.21. The number of hydrogen-bond donors (Lipinski definition) is 1. The lowest BCUT2D eigenvalue weighted by atomic mass is 10.0. The highest BCUT2D eigenvalue weighted by molar-refractivity contribution is 8.06. The molecular weight excluding hydrogens is 262 g/mol. The van der Waals surface area contributed by atoms with Crippen molar-refractivity contribution in [2.24, 2.45) is 0 Å². The molecule has 2 nitrogen and oxygen atoms in total. The summed E-state index contributed by atoms with van der Waals surface area (Å²) in [6.07, 6.45) is 1.04. The summed E-state index contributed by atoms with van der Waals surface area (Å²) in [5.41, 5.74) is 1.30. The molecule has 2 unspecified atom stereocenters. The van der Waals surface area contributed by atoms with Gasteiger partial charge in [0.1, 0.15) is 5.75 Å². The molecule has 0 amide bonds. The molecule has 2 atom stereocenters. The van der Waals surface area contributed by atoms with Crippen LogP contribution in [0.1, 0.15) is 5.56 Å². The van der Waals surface area contributed by atoms with Crippen molar-refractivity contribution in [1.82, 2.24) is 5.32 Å². The summed E-state index contributed by atoms with van der Waals surface area (Å²) in [7, 11) is 3.82. The summed E-state index contributed by atoms with van der Waals surface area (Å²) in [5.74, 6) is 4.84. The Labute approximate surface area is 118 Å². The molecule has 1 aromatic carbocycles. The maximum absolute atomic E-state index is 5.44. The lowest BCUT2D eigenvalue weighted by Crippen LogP contribution is -2.40. The maximum atomic E-state index is 5.44. The first-order valence-electron chi connectivity index (χ1n) is 6.33. The van der Waals surface area contributed by atoms with E-state index in [1.807, 2.05) is 12.1 Å². The van der Waals surface area contributed by atoms with Gasteiger partial charge in [-0.3, -0.25) is 0 Å². The van der Waals surface area contributed by atoms with Crippen LogP contribution >= 0.6 is 23.5 Å². The number of benzene rings is 1. The predicted molar refractivity (Wildman–Crippen MR) is 83.1 cm³/mol. The van der Waals surface area contributed by atoms with E-state index >= 15 is 0 Å². The van der Waals surface area contributed by atoms with Gasteiger partial charge in [-0.15, -0.1) is 0 Å². The van der Waals surface area contributed by atoms with E-state index in [1.165, 1.54) is 22.8 Å². The summed E-state index contributed by atoms with van der Waals surface area (Å²) in [5, 5.41) is 4.19. The largest absolute Gasteiger partial charge is 0.496 e. The molecule has 0 radical (unpaired) electrons. The first-order valence-corrected chi connectivity index (χ1v) is 8.54. The molecule has 100 valence electrons. The maximum Gasteiger partial charge on any atom is 0.122 e. The van der Waals surface area contributed by atoms with Gasteiger partial charge in [0.15, 0.2) is 0 Å². The minimum Gasteiger partial charge on any atom is -0.496 e. The molecule has 1 aliphatic heterocycles. The van der Waals surface area contributed by atoms with Crippen LogP contribution in [0.5, 0.6) is 5.75 Å². The Balaban J connectivity index is 2.04. The Morgan fingerprint density at radius 2 is 2.22 bits per heavy atom. The Morgan fingerprint density at radius 3 is 2.89 bits per heavy atom. The Kier molecular flexibility index (Phi) is 5.73. The third-order valence-electron chi connectivity index (χ3n) is 3.29. The lowest BCUT2D eigenvalue weighted by Gasteiger charge is -2.29. The van der Waals surface area contributed by atoms with Crippen molar-refractivity contribution in [3.8, 4) is 5.75 Å². The van der Waals surface area contributed by atoms with E-state index in [-0.39, 0.29) is 0 Å². The van der Waals surface area contributed by atoms with Gasteiger partial charge in [0, 0.05) is 28.6 Å². The summed E-state index contributed by atoms with van der Waals surface area (Å²) in [6.45, 7) is 0. The highest BCUT2D eigenvalue weighted by atomic mass is 32.2. The van der Waals surface area contributed by atoms with Crippen molar-refractivity contribution in [2.75, 3.05) is 31.4 Å². The molecule has 4 heteroatoms. The molecule has 1 heterocycles. The summed E-state index contributed by atoms with van der Waals surface area (Å²) in [4.78, 5) is 0. The van der Waals surface area contributed by atoms with Crippen LogP contribution in [-0.4, -0.2) is 42.7 Å². The van der Waals surface area contributed by atoms with E-state index in [0.717, 1.165) is 12.2 Å². The van der Waals surface area contributed by atoms with E-state index in [1.54, 1.807) is 7.11 Å². The second kappa shape index (κ2) is 7.31. The minimum absolute atomic E-state index is 0.527. The van der Waals surface area contributed by atoms with Crippen molar-refractivity contribution >= 4 is 23.5 Å². The molecule has 1 saturated heterocycles. The van der Waals surface area contributed by atoms with Crippen molar-refractivity contribution < 1.29 is 4.74 Å². The number of ether oxygens (including phenoxy) is 1. The average Bonchev–Trinajstić information content (AvgIpc) is 2.46. The van der Waals surface area contributed by atoms with Gasteiger partial charge in [0.05, 0.1) is 7.11 Å². The minimum atomic E-state index is 0.527. The zero-order chi connectivity index (χ0) is 12.8. The second-order valence-electron chi connectivity index (χ2n) is 4.40. The van der Waals surface area contributed by atoms with Crippen LogP contribution in [0.4, 0.5) is 0 Å². The standard InChI is InChI=1S/C14H21NOS2/c1-15-12(14-10-17-7-8-18-14)9-11-5-3-4-6-13(11)16-2/h3-6,12,14-15H,7-10H2,1-2H3. The lowest BCUT2D eigenvalue weighted by molar-refractivity contribution is 0.406. The van der Waals surface area contributed by atoms with E-state index in [4.69, 9.17) is 4.74 Å². The quantitative estimate of drug-likeness (QED) is 0.896. The van der Waals surface area contributed by atoms with Gasteiger partial charge in [0.2, 0.25) is 0 Å².